The van der Waals surface area contributed by atoms with Crippen LogP contribution in [0.15, 0.2) is 85.5 Å². The van der Waals surface area contributed by atoms with Crippen LogP contribution in [0.25, 0.3) is 0 Å². The van der Waals surface area contributed by atoms with Gasteiger partial charge < -0.3 is 0 Å². The van der Waals surface area contributed by atoms with Gasteiger partial charge in [-0.25, -0.2) is 0 Å². The minimum atomic E-state index is 0.540. The number of rotatable bonds is 11. The molecule has 218 valence electrons. The molecule has 0 heteroatoms. The first-order valence-corrected chi connectivity index (χ1v) is 16.9. The van der Waals surface area contributed by atoms with E-state index < -0.39 is 0 Å². The lowest BCUT2D eigenvalue weighted by Gasteiger charge is -2.30. The third kappa shape index (κ3) is 7.82. The highest BCUT2D eigenvalue weighted by Gasteiger charge is 2.24. The molecule has 2 atom stereocenters. The summed E-state index contributed by atoms with van der Waals surface area (Å²) in [5.74, 6) is 4.29. The van der Waals surface area contributed by atoms with Crippen LogP contribution in [-0.2, 0) is 12.8 Å². The SMILES string of the molecule is C=CC1CCC(c2ccc(CCC(Cc3ccc(C4CCC(C)CC4)cc3)c3ccccc3)cc2C(C)CC)CC1. The summed E-state index contributed by atoms with van der Waals surface area (Å²) < 4.78 is 0. The number of benzene rings is 3. The topological polar surface area (TPSA) is 0 Å². The summed E-state index contributed by atoms with van der Waals surface area (Å²) in [5, 5.41) is 0. The zero-order valence-electron chi connectivity index (χ0n) is 26.2. The second-order valence-electron chi connectivity index (χ2n) is 13.7. The van der Waals surface area contributed by atoms with E-state index in [2.05, 4.69) is 106 Å². The van der Waals surface area contributed by atoms with Crippen molar-refractivity contribution in [2.75, 3.05) is 0 Å². The van der Waals surface area contributed by atoms with Gasteiger partial charge in [-0.3, -0.25) is 0 Å². The van der Waals surface area contributed by atoms with E-state index in [0.717, 1.165) is 36.5 Å². The highest BCUT2D eigenvalue weighted by atomic mass is 14.3. The van der Waals surface area contributed by atoms with Crippen LogP contribution in [0.5, 0.6) is 0 Å². The Morgan fingerprint density at radius 1 is 0.780 bits per heavy atom. The zero-order valence-corrected chi connectivity index (χ0v) is 26.2. The molecule has 41 heavy (non-hydrogen) atoms. The van der Waals surface area contributed by atoms with Crippen LogP contribution in [0.3, 0.4) is 0 Å². The Bertz CT molecular complexity index is 1200. The molecule has 0 aliphatic heterocycles. The molecular formula is C41H54. The fourth-order valence-electron chi connectivity index (χ4n) is 7.72. The Kier molecular flexibility index (Phi) is 10.6. The summed E-state index contributed by atoms with van der Waals surface area (Å²) >= 11 is 0. The third-order valence-electron chi connectivity index (χ3n) is 10.8. The van der Waals surface area contributed by atoms with Gasteiger partial charge in [-0.05, 0) is 133 Å². The lowest BCUT2D eigenvalue weighted by Crippen LogP contribution is -2.14. The first-order chi connectivity index (χ1) is 20.0. The predicted octanol–water partition coefficient (Wildman–Crippen LogP) is 11.9. The largest absolute Gasteiger partial charge is 0.103 e. The minimum absolute atomic E-state index is 0.540. The summed E-state index contributed by atoms with van der Waals surface area (Å²) in [6.45, 7) is 11.3. The van der Waals surface area contributed by atoms with Crippen molar-refractivity contribution in [3.05, 3.63) is 119 Å². The molecule has 0 heterocycles. The summed E-state index contributed by atoms with van der Waals surface area (Å²) in [6.07, 6.45) is 17.6. The van der Waals surface area contributed by atoms with Gasteiger partial charge in [0, 0.05) is 0 Å². The quantitative estimate of drug-likeness (QED) is 0.210. The molecule has 2 aliphatic carbocycles. The summed E-state index contributed by atoms with van der Waals surface area (Å²) in [7, 11) is 0. The second kappa shape index (κ2) is 14.5. The number of allylic oxidation sites excluding steroid dienone is 1. The third-order valence-corrected chi connectivity index (χ3v) is 10.8. The molecule has 0 saturated heterocycles. The van der Waals surface area contributed by atoms with Gasteiger partial charge in [-0.2, -0.15) is 0 Å². The van der Waals surface area contributed by atoms with E-state index in [9.17, 15) is 0 Å². The van der Waals surface area contributed by atoms with Crippen molar-refractivity contribution < 1.29 is 0 Å². The Morgan fingerprint density at radius 3 is 2.10 bits per heavy atom. The van der Waals surface area contributed by atoms with Crippen LogP contribution < -0.4 is 0 Å². The van der Waals surface area contributed by atoms with Gasteiger partial charge >= 0.3 is 0 Å². The number of hydrogen-bond donors (Lipinski definition) is 0. The van der Waals surface area contributed by atoms with E-state index in [1.54, 1.807) is 16.7 Å². The molecule has 0 N–H and O–H groups in total. The zero-order chi connectivity index (χ0) is 28.6. The summed E-state index contributed by atoms with van der Waals surface area (Å²) in [6, 6.07) is 28.6. The maximum absolute atomic E-state index is 4.06. The molecule has 0 radical (unpaired) electrons. The normalized spacial score (nSPS) is 24.5. The fraction of sp³-hybridized carbons (Fsp3) is 0.512. The van der Waals surface area contributed by atoms with Crippen molar-refractivity contribution in [1.29, 1.82) is 0 Å². The molecule has 5 rings (SSSR count). The van der Waals surface area contributed by atoms with E-state index >= 15 is 0 Å². The lowest BCUT2D eigenvalue weighted by atomic mass is 9.75. The molecule has 0 nitrogen and oxygen atoms in total. The summed E-state index contributed by atoms with van der Waals surface area (Å²) in [5.41, 5.74) is 9.31. The van der Waals surface area contributed by atoms with Crippen LogP contribution in [-0.4, -0.2) is 0 Å². The Labute approximate surface area is 251 Å². The molecule has 0 bridgehead atoms. The Hall–Kier alpha value is -2.60. The first kappa shape index (κ1) is 29.9. The van der Waals surface area contributed by atoms with Gasteiger partial charge in [0.15, 0.2) is 0 Å². The van der Waals surface area contributed by atoms with E-state index in [4.69, 9.17) is 0 Å². The molecule has 3 aromatic carbocycles. The Balaban J connectivity index is 1.29. The summed E-state index contributed by atoms with van der Waals surface area (Å²) in [4.78, 5) is 0. The maximum atomic E-state index is 4.06. The van der Waals surface area contributed by atoms with E-state index in [-0.39, 0.29) is 0 Å². The molecule has 2 aliphatic rings. The van der Waals surface area contributed by atoms with Gasteiger partial charge in [0.1, 0.15) is 0 Å². The van der Waals surface area contributed by atoms with Crippen LogP contribution in [0, 0.1) is 11.8 Å². The molecule has 3 aromatic rings. The van der Waals surface area contributed by atoms with Crippen LogP contribution in [0.1, 0.15) is 142 Å². The van der Waals surface area contributed by atoms with Gasteiger partial charge in [-0.1, -0.05) is 112 Å². The van der Waals surface area contributed by atoms with Gasteiger partial charge in [0.25, 0.3) is 0 Å². The van der Waals surface area contributed by atoms with Crippen LogP contribution in [0.2, 0.25) is 0 Å². The monoisotopic (exact) mass is 546 g/mol. The van der Waals surface area contributed by atoms with E-state index in [1.165, 1.54) is 80.9 Å². The van der Waals surface area contributed by atoms with Crippen molar-refractivity contribution in [2.24, 2.45) is 11.8 Å². The average Bonchev–Trinajstić information content (AvgIpc) is 3.03. The molecule has 2 unspecified atom stereocenters. The van der Waals surface area contributed by atoms with Crippen LogP contribution in [0.4, 0.5) is 0 Å². The van der Waals surface area contributed by atoms with Gasteiger partial charge in [0.2, 0.25) is 0 Å². The van der Waals surface area contributed by atoms with Gasteiger partial charge in [0.05, 0.1) is 0 Å². The maximum Gasteiger partial charge on any atom is -0.0118 e. The Morgan fingerprint density at radius 2 is 1.44 bits per heavy atom. The lowest BCUT2D eigenvalue weighted by molar-refractivity contribution is 0.348. The fourth-order valence-corrected chi connectivity index (χ4v) is 7.72. The van der Waals surface area contributed by atoms with Crippen LogP contribution >= 0.6 is 0 Å². The molecule has 2 fully saturated rings. The van der Waals surface area contributed by atoms with Crippen molar-refractivity contribution >= 4 is 0 Å². The smallest absolute Gasteiger partial charge is 0.0118 e. The second-order valence-corrected chi connectivity index (χ2v) is 13.7. The standard InChI is InChI=1S/C41H54/c1-5-31(4)41-29-34(19-27-40(41)38-24-14-32(6-2)15-25-38)18-26-39(35-10-8-7-9-11-35)28-33-16-22-37(23-17-33)36-20-12-30(3)13-21-36/h6-11,16-17,19,22-23,27,29-32,36,38-39H,2,5,12-15,18,20-21,24-26,28H2,1,3-4H3. The highest BCUT2D eigenvalue weighted by Crippen LogP contribution is 2.40. The van der Waals surface area contributed by atoms with Crippen molar-refractivity contribution in [3.8, 4) is 0 Å². The van der Waals surface area contributed by atoms with E-state index in [1.807, 2.05) is 0 Å². The van der Waals surface area contributed by atoms with Gasteiger partial charge in [-0.15, -0.1) is 6.58 Å². The predicted molar refractivity (Wildman–Crippen MR) is 178 cm³/mol. The molecular weight excluding hydrogens is 492 g/mol. The van der Waals surface area contributed by atoms with Crippen molar-refractivity contribution in [1.82, 2.24) is 0 Å². The number of hydrogen-bond acceptors (Lipinski definition) is 0. The number of aryl methyl sites for hydroxylation is 1. The molecule has 2 saturated carbocycles. The first-order valence-electron chi connectivity index (χ1n) is 16.9. The molecule has 0 amide bonds. The molecule has 0 spiro atoms. The van der Waals surface area contributed by atoms with Crippen molar-refractivity contribution in [3.63, 3.8) is 0 Å². The average molecular weight is 547 g/mol. The minimum Gasteiger partial charge on any atom is -0.103 e. The highest BCUT2D eigenvalue weighted by molar-refractivity contribution is 5.38. The van der Waals surface area contributed by atoms with Crippen molar-refractivity contribution in [2.45, 2.75) is 121 Å². The van der Waals surface area contributed by atoms with E-state index in [0.29, 0.717) is 11.8 Å². The molecule has 0 aromatic heterocycles.